The quantitative estimate of drug-likeness (QED) is 0.203. The van der Waals surface area contributed by atoms with Crippen LogP contribution in [0, 0.1) is 0 Å². The van der Waals surface area contributed by atoms with Crippen LogP contribution in [0.5, 0.6) is 17.2 Å². The number of phenols is 1. The molecule has 7 nitrogen and oxygen atoms in total. The molecule has 0 atom stereocenters. The second-order valence-corrected chi connectivity index (χ2v) is 8.73. The van der Waals surface area contributed by atoms with Gasteiger partial charge in [0.1, 0.15) is 23.9 Å². The summed E-state index contributed by atoms with van der Waals surface area (Å²) in [5.41, 5.74) is 1.42. The molecule has 0 saturated carbocycles. The van der Waals surface area contributed by atoms with Crippen molar-refractivity contribution in [3.05, 3.63) is 51.5 Å². The molecule has 2 aromatic carbocycles. The minimum absolute atomic E-state index is 0. The summed E-state index contributed by atoms with van der Waals surface area (Å²) in [6.07, 6.45) is 2.05. The summed E-state index contributed by atoms with van der Waals surface area (Å²) in [6.45, 7) is 5.23. The largest absolute Gasteiger partial charge is 0.507 e. The number of hydrogen-bond donors (Lipinski definition) is 1. The number of benzene rings is 2. The van der Waals surface area contributed by atoms with E-state index in [9.17, 15) is 14.7 Å². The van der Waals surface area contributed by atoms with Gasteiger partial charge in [0.25, 0.3) is 0 Å². The molecule has 2 aromatic rings. The van der Waals surface area contributed by atoms with Crippen LogP contribution in [-0.2, 0) is 11.2 Å². The number of Topliss-reactive ketones (excluding diaryl/α,β-unsaturated/α-hetero) is 1. The molecule has 0 radical (unpaired) electrons. The number of carbonyl (C=O) groups is 2. The van der Waals surface area contributed by atoms with Gasteiger partial charge in [-0.2, -0.15) is 0 Å². The van der Waals surface area contributed by atoms with Crippen LogP contribution >= 0.6 is 28.3 Å². The molecule has 34 heavy (non-hydrogen) atoms. The van der Waals surface area contributed by atoms with Gasteiger partial charge in [0, 0.05) is 18.5 Å². The van der Waals surface area contributed by atoms with Crippen LogP contribution in [0.3, 0.4) is 0 Å². The standard InChI is InChI=1S/C25H32BrNO6.ClH/c1-5-7-20-22(11-9-19(17(2)28)24(20)29)31-13-6-14-32-23-10-8-18(16-21(23)26)25(30)33-15-12-27(3)4;/h8-11,16,29H,5-7,12-15H2,1-4H3;1H. The summed E-state index contributed by atoms with van der Waals surface area (Å²) in [7, 11) is 3.83. The van der Waals surface area contributed by atoms with Gasteiger partial charge in [-0.15, -0.1) is 12.4 Å². The van der Waals surface area contributed by atoms with Crippen LogP contribution < -0.4 is 9.47 Å². The highest BCUT2D eigenvalue weighted by molar-refractivity contribution is 9.10. The molecule has 0 aliphatic heterocycles. The molecular weight excluding hydrogens is 526 g/mol. The number of ether oxygens (including phenoxy) is 3. The van der Waals surface area contributed by atoms with Crippen molar-refractivity contribution in [2.45, 2.75) is 33.1 Å². The highest BCUT2D eigenvalue weighted by Gasteiger charge is 2.16. The molecule has 188 valence electrons. The van der Waals surface area contributed by atoms with E-state index in [-0.39, 0.29) is 29.9 Å². The summed E-state index contributed by atoms with van der Waals surface area (Å²) in [5, 5.41) is 10.4. The number of halogens is 2. The van der Waals surface area contributed by atoms with E-state index in [0.717, 1.165) is 6.42 Å². The first-order valence-electron chi connectivity index (χ1n) is 11.0. The molecule has 0 heterocycles. The van der Waals surface area contributed by atoms with E-state index >= 15 is 0 Å². The molecule has 2 rings (SSSR count). The van der Waals surface area contributed by atoms with Crippen molar-refractivity contribution in [2.75, 3.05) is 40.5 Å². The first kappa shape index (κ1) is 29.7. The molecule has 0 saturated heterocycles. The maximum absolute atomic E-state index is 12.1. The number of nitrogens with zero attached hydrogens (tertiary/aromatic N) is 1. The Morgan fingerprint density at radius 3 is 2.26 bits per heavy atom. The summed E-state index contributed by atoms with van der Waals surface area (Å²) in [6, 6.07) is 8.40. The fraction of sp³-hybridized carbons (Fsp3) is 0.440. The van der Waals surface area contributed by atoms with Gasteiger partial charge < -0.3 is 24.2 Å². The Bertz CT molecular complexity index is 967. The van der Waals surface area contributed by atoms with Crippen molar-refractivity contribution < 1.29 is 28.9 Å². The summed E-state index contributed by atoms with van der Waals surface area (Å²) in [4.78, 5) is 25.7. The molecule has 0 amide bonds. The normalized spacial score (nSPS) is 10.5. The second-order valence-electron chi connectivity index (χ2n) is 7.88. The number of phenolic OH excluding ortho intramolecular Hbond substituents is 1. The van der Waals surface area contributed by atoms with Crippen molar-refractivity contribution in [3.63, 3.8) is 0 Å². The van der Waals surface area contributed by atoms with E-state index in [1.165, 1.54) is 6.92 Å². The van der Waals surface area contributed by atoms with Gasteiger partial charge in [0.15, 0.2) is 5.78 Å². The van der Waals surface area contributed by atoms with Crippen molar-refractivity contribution in [3.8, 4) is 17.2 Å². The number of ketones is 1. The maximum atomic E-state index is 12.1. The monoisotopic (exact) mass is 557 g/mol. The van der Waals surface area contributed by atoms with Crippen molar-refractivity contribution in [1.82, 2.24) is 4.90 Å². The molecule has 0 unspecified atom stereocenters. The average Bonchev–Trinajstić information content (AvgIpc) is 2.76. The Hall–Kier alpha value is -2.29. The summed E-state index contributed by atoms with van der Waals surface area (Å²) < 4.78 is 17.6. The highest BCUT2D eigenvalue weighted by Crippen LogP contribution is 2.33. The van der Waals surface area contributed by atoms with Crippen molar-refractivity contribution >= 4 is 40.1 Å². The molecule has 0 aliphatic carbocycles. The molecule has 0 aromatic heterocycles. The van der Waals surface area contributed by atoms with Crippen LogP contribution in [0.4, 0.5) is 0 Å². The van der Waals surface area contributed by atoms with Crippen LogP contribution in [-0.4, -0.2) is 62.2 Å². The van der Waals surface area contributed by atoms with E-state index in [4.69, 9.17) is 14.2 Å². The van der Waals surface area contributed by atoms with Crippen LogP contribution in [0.2, 0.25) is 0 Å². The SMILES string of the molecule is CCCc1c(OCCCOc2ccc(C(=O)OCCN(C)C)cc2Br)ccc(C(C)=O)c1O.Cl. The van der Waals surface area contributed by atoms with E-state index in [1.54, 1.807) is 30.3 Å². The fourth-order valence-corrected chi connectivity index (χ4v) is 3.59. The molecule has 0 bridgehead atoms. The number of carbonyl (C=O) groups excluding carboxylic acids is 2. The predicted molar refractivity (Wildman–Crippen MR) is 138 cm³/mol. The lowest BCUT2D eigenvalue weighted by Gasteiger charge is -2.15. The lowest BCUT2D eigenvalue weighted by atomic mass is 10.0. The van der Waals surface area contributed by atoms with Gasteiger partial charge in [-0.05, 0) is 73.7 Å². The lowest BCUT2D eigenvalue weighted by Crippen LogP contribution is -2.20. The Balaban J connectivity index is 0.00000578. The minimum Gasteiger partial charge on any atom is -0.507 e. The number of likely N-dealkylation sites (N-methyl/N-ethyl adjacent to an activating group) is 1. The number of hydrogen-bond acceptors (Lipinski definition) is 7. The number of aromatic hydroxyl groups is 1. The molecule has 1 N–H and O–H groups in total. The first-order chi connectivity index (χ1) is 15.7. The molecule has 0 fully saturated rings. The molecular formula is C25H33BrClNO6. The molecule has 9 heteroatoms. The van der Waals surface area contributed by atoms with E-state index in [0.29, 0.717) is 71.9 Å². The molecule has 0 aliphatic rings. The van der Waals surface area contributed by atoms with Crippen LogP contribution in [0.15, 0.2) is 34.8 Å². The third kappa shape index (κ3) is 8.81. The summed E-state index contributed by atoms with van der Waals surface area (Å²) >= 11 is 3.44. The number of rotatable bonds is 13. The third-order valence-electron chi connectivity index (χ3n) is 4.86. The molecule has 0 spiro atoms. The lowest BCUT2D eigenvalue weighted by molar-refractivity contribution is 0.0481. The second kappa shape index (κ2) is 14.9. The predicted octanol–water partition coefficient (Wildman–Crippen LogP) is 5.30. The highest BCUT2D eigenvalue weighted by atomic mass is 79.9. The van der Waals surface area contributed by atoms with Gasteiger partial charge in [-0.25, -0.2) is 4.79 Å². The van der Waals surface area contributed by atoms with Gasteiger partial charge in [0.05, 0.1) is 28.8 Å². The van der Waals surface area contributed by atoms with Crippen LogP contribution in [0.1, 0.15) is 53.0 Å². The zero-order chi connectivity index (χ0) is 24.4. The number of esters is 1. The Morgan fingerprint density at radius 1 is 1.03 bits per heavy atom. The average molecular weight is 559 g/mol. The zero-order valence-corrected chi connectivity index (χ0v) is 22.5. The van der Waals surface area contributed by atoms with E-state index in [2.05, 4.69) is 15.9 Å². The Kier molecular flexibility index (Phi) is 13.0. The zero-order valence-electron chi connectivity index (χ0n) is 20.1. The van der Waals surface area contributed by atoms with Gasteiger partial charge in [0.2, 0.25) is 0 Å². The smallest absolute Gasteiger partial charge is 0.338 e. The Labute approximate surface area is 215 Å². The first-order valence-corrected chi connectivity index (χ1v) is 11.8. The Morgan fingerprint density at radius 2 is 1.68 bits per heavy atom. The van der Waals surface area contributed by atoms with Crippen molar-refractivity contribution in [1.29, 1.82) is 0 Å². The third-order valence-corrected chi connectivity index (χ3v) is 5.48. The van der Waals surface area contributed by atoms with E-state index < -0.39 is 0 Å². The maximum Gasteiger partial charge on any atom is 0.338 e. The van der Waals surface area contributed by atoms with Gasteiger partial charge in [-0.1, -0.05) is 13.3 Å². The van der Waals surface area contributed by atoms with E-state index in [1.807, 2.05) is 25.9 Å². The van der Waals surface area contributed by atoms with Crippen LogP contribution in [0.25, 0.3) is 0 Å². The van der Waals surface area contributed by atoms with Crippen molar-refractivity contribution in [2.24, 2.45) is 0 Å². The topological polar surface area (TPSA) is 85.3 Å². The minimum atomic E-state index is -0.376. The fourth-order valence-electron chi connectivity index (χ4n) is 3.10. The van der Waals surface area contributed by atoms with Gasteiger partial charge >= 0.3 is 5.97 Å². The summed E-state index contributed by atoms with van der Waals surface area (Å²) in [5.74, 6) is 0.651. The van der Waals surface area contributed by atoms with Gasteiger partial charge in [-0.3, -0.25) is 4.79 Å².